The predicted molar refractivity (Wildman–Crippen MR) is 83.7 cm³/mol. The number of amides is 2. The number of halogens is 1. The first-order valence-corrected chi connectivity index (χ1v) is 7.87. The van der Waals surface area contributed by atoms with Gasteiger partial charge in [0.05, 0.1) is 10.6 Å². The van der Waals surface area contributed by atoms with Crippen molar-refractivity contribution < 1.29 is 14.0 Å². The van der Waals surface area contributed by atoms with E-state index >= 15 is 0 Å². The number of carbonyl (C=O) groups is 2. The molecule has 1 saturated heterocycles. The minimum atomic E-state index is -0.603. The van der Waals surface area contributed by atoms with Gasteiger partial charge in [0.2, 0.25) is 5.91 Å². The van der Waals surface area contributed by atoms with E-state index in [1.807, 2.05) is 18.4 Å². The quantitative estimate of drug-likeness (QED) is 0.946. The standard InChI is InChI=1S/C16H15FN2O2S/c1-10-7-9-22-14(10)15(20)18-12-6-8-19(16(12)21)13-5-3-2-4-11(13)17/h2-5,7,9,12H,6,8H2,1H3,(H,18,20)/t12-/m1/s1. The van der Waals surface area contributed by atoms with E-state index in [0.717, 1.165) is 5.56 Å². The molecule has 114 valence electrons. The summed E-state index contributed by atoms with van der Waals surface area (Å²) in [5.74, 6) is -0.953. The minimum Gasteiger partial charge on any atom is -0.339 e. The number of nitrogens with zero attached hydrogens (tertiary/aromatic N) is 1. The van der Waals surface area contributed by atoms with Crippen molar-refractivity contribution in [3.63, 3.8) is 0 Å². The lowest BCUT2D eigenvalue weighted by Gasteiger charge is -2.17. The van der Waals surface area contributed by atoms with E-state index in [2.05, 4.69) is 5.32 Å². The van der Waals surface area contributed by atoms with Gasteiger partial charge >= 0.3 is 0 Å². The van der Waals surface area contributed by atoms with Gasteiger partial charge in [-0.2, -0.15) is 0 Å². The Kier molecular flexibility index (Phi) is 3.94. The predicted octanol–water partition coefficient (Wildman–Crippen LogP) is 2.73. The van der Waals surface area contributed by atoms with Crippen molar-refractivity contribution in [2.45, 2.75) is 19.4 Å². The molecule has 1 atom stereocenters. The number of anilines is 1. The monoisotopic (exact) mass is 318 g/mol. The van der Waals surface area contributed by atoms with Gasteiger partial charge < -0.3 is 10.2 Å². The SMILES string of the molecule is Cc1ccsc1C(=O)N[C@@H]1CCN(c2ccccc2F)C1=O. The summed E-state index contributed by atoms with van der Waals surface area (Å²) in [6, 6.07) is 7.42. The Labute approximate surface area is 131 Å². The van der Waals surface area contributed by atoms with Crippen LogP contribution in [0.3, 0.4) is 0 Å². The molecule has 0 radical (unpaired) electrons. The van der Waals surface area contributed by atoms with Crippen LogP contribution in [0.1, 0.15) is 21.7 Å². The summed E-state index contributed by atoms with van der Waals surface area (Å²) in [6.07, 6.45) is 0.476. The summed E-state index contributed by atoms with van der Waals surface area (Å²) in [5, 5.41) is 4.59. The van der Waals surface area contributed by atoms with Crippen LogP contribution in [0.5, 0.6) is 0 Å². The normalized spacial score (nSPS) is 17.8. The summed E-state index contributed by atoms with van der Waals surface area (Å²) in [5.41, 5.74) is 1.15. The van der Waals surface area contributed by atoms with Gasteiger partial charge in [-0.25, -0.2) is 4.39 Å². The molecule has 0 bridgehead atoms. The molecule has 4 nitrogen and oxygen atoms in total. The smallest absolute Gasteiger partial charge is 0.262 e. The van der Waals surface area contributed by atoms with Gasteiger partial charge in [0, 0.05) is 6.54 Å². The fraction of sp³-hybridized carbons (Fsp3) is 0.250. The Hall–Kier alpha value is -2.21. The maximum absolute atomic E-state index is 13.8. The zero-order chi connectivity index (χ0) is 15.7. The largest absolute Gasteiger partial charge is 0.339 e. The Morgan fingerprint density at radius 3 is 2.82 bits per heavy atom. The van der Waals surface area contributed by atoms with E-state index in [0.29, 0.717) is 17.8 Å². The van der Waals surface area contributed by atoms with Crippen LogP contribution in [-0.4, -0.2) is 24.4 Å². The molecule has 6 heteroatoms. The Morgan fingerprint density at radius 1 is 1.36 bits per heavy atom. The molecule has 1 aromatic carbocycles. The molecule has 0 spiro atoms. The van der Waals surface area contributed by atoms with E-state index in [-0.39, 0.29) is 17.5 Å². The maximum atomic E-state index is 13.8. The first kappa shape index (κ1) is 14.7. The molecule has 0 unspecified atom stereocenters. The summed E-state index contributed by atoms with van der Waals surface area (Å²) in [4.78, 5) is 26.6. The van der Waals surface area contributed by atoms with Crippen molar-refractivity contribution in [2.24, 2.45) is 0 Å². The molecule has 2 aromatic rings. The van der Waals surface area contributed by atoms with Gasteiger partial charge in [0.15, 0.2) is 0 Å². The zero-order valence-electron chi connectivity index (χ0n) is 12.0. The highest BCUT2D eigenvalue weighted by Crippen LogP contribution is 2.25. The molecular formula is C16H15FN2O2S. The lowest BCUT2D eigenvalue weighted by atomic mass is 10.2. The van der Waals surface area contributed by atoms with Gasteiger partial charge in [-0.3, -0.25) is 9.59 Å². The fourth-order valence-electron chi connectivity index (χ4n) is 2.55. The van der Waals surface area contributed by atoms with Crippen LogP contribution < -0.4 is 10.2 Å². The molecule has 2 heterocycles. The third kappa shape index (κ3) is 2.62. The summed E-state index contributed by atoms with van der Waals surface area (Å²) in [6.45, 7) is 2.25. The molecule has 1 aromatic heterocycles. The van der Waals surface area contributed by atoms with Crippen LogP contribution >= 0.6 is 11.3 Å². The topological polar surface area (TPSA) is 49.4 Å². The van der Waals surface area contributed by atoms with Crippen molar-refractivity contribution in [2.75, 3.05) is 11.4 Å². The average Bonchev–Trinajstić information content (AvgIpc) is 3.07. The molecule has 3 rings (SSSR count). The van der Waals surface area contributed by atoms with Crippen molar-refractivity contribution >= 4 is 28.8 Å². The lowest BCUT2D eigenvalue weighted by Crippen LogP contribution is -2.41. The maximum Gasteiger partial charge on any atom is 0.262 e. The number of benzene rings is 1. The molecule has 1 N–H and O–H groups in total. The van der Waals surface area contributed by atoms with Crippen LogP contribution in [0.25, 0.3) is 0 Å². The van der Waals surface area contributed by atoms with Crippen molar-refractivity contribution in [3.05, 3.63) is 52.0 Å². The Balaban J connectivity index is 1.73. The van der Waals surface area contributed by atoms with E-state index in [1.165, 1.54) is 22.3 Å². The number of hydrogen-bond acceptors (Lipinski definition) is 3. The first-order valence-electron chi connectivity index (χ1n) is 6.99. The van der Waals surface area contributed by atoms with E-state index in [9.17, 15) is 14.0 Å². The first-order chi connectivity index (χ1) is 10.6. The van der Waals surface area contributed by atoms with Gasteiger partial charge in [0.1, 0.15) is 11.9 Å². The van der Waals surface area contributed by atoms with Crippen LogP contribution in [-0.2, 0) is 4.79 Å². The van der Waals surface area contributed by atoms with Crippen molar-refractivity contribution in [1.29, 1.82) is 0 Å². The molecule has 2 amide bonds. The average molecular weight is 318 g/mol. The van der Waals surface area contributed by atoms with Crippen molar-refractivity contribution in [3.8, 4) is 0 Å². The summed E-state index contributed by atoms with van der Waals surface area (Å²) >= 11 is 1.34. The molecule has 1 fully saturated rings. The number of aryl methyl sites for hydroxylation is 1. The summed E-state index contributed by atoms with van der Waals surface area (Å²) < 4.78 is 13.8. The second kappa shape index (κ2) is 5.88. The van der Waals surface area contributed by atoms with Gasteiger partial charge in [-0.15, -0.1) is 11.3 Å². The fourth-order valence-corrected chi connectivity index (χ4v) is 3.38. The highest BCUT2D eigenvalue weighted by atomic mass is 32.1. The number of hydrogen-bond donors (Lipinski definition) is 1. The zero-order valence-corrected chi connectivity index (χ0v) is 12.8. The Morgan fingerprint density at radius 2 is 2.14 bits per heavy atom. The molecule has 0 aliphatic carbocycles. The van der Waals surface area contributed by atoms with Crippen LogP contribution in [0.15, 0.2) is 35.7 Å². The summed E-state index contributed by atoms with van der Waals surface area (Å²) in [7, 11) is 0. The third-order valence-electron chi connectivity index (χ3n) is 3.72. The van der Waals surface area contributed by atoms with Gasteiger partial charge in [-0.1, -0.05) is 12.1 Å². The number of rotatable bonds is 3. The number of carbonyl (C=O) groups excluding carboxylic acids is 2. The van der Waals surface area contributed by atoms with E-state index in [4.69, 9.17) is 0 Å². The second-order valence-electron chi connectivity index (χ2n) is 5.19. The van der Waals surface area contributed by atoms with Crippen LogP contribution in [0.2, 0.25) is 0 Å². The molecule has 0 saturated carbocycles. The Bertz CT molecular complexity index is 728. The van der Waals surface area contributed by atoms with Gasteiger partial charge in [-0.05, 0) is 42.5 Å². The number of nitrogens with one attached hydrogen (secondary N) is 1. The second-order valence-corrected chi connectivity index (χ2v) is 6.10. The van der Waals surface area contributed by atoms with E-state index in [1.54, 1.807) is 18.2 Å². The number of para-hydroxylation sites is 1. The highest BCUT2D eigenvalue weighted by Gasteiger charge is 2.35. The number of thiophene rings is 1. The molecule has 22 heavy (non-hydrogen) atoms. The minimum absolute atomic E-state index is 0.249. The van der Waals surface area contributed by atoms with E-state index < -0.39 is 11.9 Å². The van der Waals surface area contributed by atoms with Gasteiger partial charge in [0.25, 0.3) is 5.91 Å². The van der Waals surface area contributed by atoms with Crippen LogP contribution in [0.4, 0.5) is 10.1 Å². The van der Waals surface area contributed by atoms with Crippen molar-refractivity contribution in [1.82, 2.24) is 5.32 Å². The van der Waals surface area contributed by atoms with Crippen LogP contribution in [0, 0.1) is 12.7 Å². The molecular weight excluding hydrogens is 303 g/mol. The highest BCUT2D eigenvalue weighted by molar-refractivity contribution is 7.12. The molecule has 1 aliphatic heterocycles. The lowest BCUT2D eigenvalue weighted by molar-refractivity contribution is -0.118. The molecule has 1 aliphatic rings. The third-order valence-corrected chi connectivity index (χ3v) is 4.74.